The highest BCUT2D eigenvalue weighted by atomic mass is 16.5. The molecule has 1 aliphatic rings. The van der Waals surface area contributed by atoms with Gasteiger partial charge in [0, 0.05) is 24.9 Å². The standard InChI is InChI=1S/C12H23NO2/c1-9(2)11-7-13(5-6-15-8-11)12(14)10(3)4/h9-11H,5-8H2,1-4H3/t11-/m0/s1. The van der Waals surface area contributed by atoms with Crippen molar-refractivity contribution in [3.05, 3.63) is 0 Å². The maximum absolute atomic E-state index is 11.9. The molecule has 0 N–H and O–H groups in total. The third kappa shape index (κ3) is 3.49. The molecule has 0 aromatic rings. The smallest absolute Gasteiger partial charge is 0.225 e. The highest BCUT2D eigenvalue weighted by Crippen LogP contribution is 2.17. The lowest BCUT2D eigenvalue weighted by molar-refractivity contribution is -0.135. The molecule has 3 nitrogen and oxygen atoms in total. The van der Waals surface area contributed by atoms with E-state index >= 15 is 0 Å². The highest BCUT2D eigenvalue weighted by molar-refractivity contribution is 5.78. The van der Waals surface area contributed by atoms with Crippen molar-refractivity contribution in [3.8, 4) is 0 Å². The quantitative estimate of drug-likeness (QED) is 0.699. The molecule has 1 saturated heterocycles. The van der Waals surface area contributed by atoms with Gasteiger partial charge in [-0.2, -0.15) is 0 Å². The molecule has 0 bridgehead atoms. The van der Waals surface area contributed by atoms with Crippen LogP contribution in [0, 0.1) is 17.8 Å². The fourth-order valence-electron chi connectivity index (χ4n) is 1.81. The van der Waals surface area contributed by atoms with Gasteiger partial charge in [0.05, 0.1) is 13.2 Å². The monoisotopic (exact) mass is 213 g/mol. The molecule has 1 heterocycles. The maximum atomic E-state index is 11.9. The average Bonchev–Trinajstić information content (AvgIpc) is 2.41. The van der Waals surface area contributed by atoms with Gasteiger partial charge in [0.15, 0.2) is 0 Å². The Balaban J connectivity index is 2.60. The van der Waals surface area contributed by atoms with Crippen LogP contribution in [0.5, 0.6) is 0 Å². The van der Waals surface area contributed by atoms with E-state index in [1.54, 1.807) is 0 Å². The van der Waals surface area contributed by atoms with Crippen molar-refractivity contribution in [1.29, 1.82) is 0 Å². The molecule has 88 valence electrons. The lowest BCUT2D eigenvalue weighted by Gasteiger charge is -2.27. The van der Waals surface area contributed by atoms with Crippen molar-refractivity contribution < 1.29 is 9.53 Å². The first kappa shape index (κ1) is 12.5. The summed E-state index contributed by atoms with van der Waals surface area (Å²) in [6.45, 7) is 11.4. The van der Waals surface area contributed by atoms with Crippen LogP contribution in [0.2, 0.25) is 0 Å². The van der Waals surface area contributed by atoms with E-state index in [9.17, 15) is 4.79 Å². The number of nitrogens with zero attached hydrogens (tertiary/aromatic N) is 1. The van der Waals surface area contributed by atoms with Crippen LogP contribution in [0.4, 0.5) is 0 Å². The van der Waals surface area contributed by atoms with Gasteiger partial charge in [-0.05, 0) is 5.92 Å². The van der Waals surface area contributed by atoms with Crippen LogP contribution < -0.4 is 0 Å². The summed E-state index contributed by atoms with van der Waals surface area (Å²) >= 11 is 0. The fraction of sp³-hybridized carbons (Fsp3) is 0.917. The lowest BCUT2D eigenvalue weighted by atomic mass is 9.96. The van der Waals surface area contributed by atoms with E-state index in [0.717, 1.165) is 19.7 Å². The largest absolute Gasteiger partial charge is 0.379 e. The molecule has 0 aliphatic carbocycles. The summed E-state index contributed by atoms with van der Waals surface area (Å²) < 4.78 is 5.53. The molecule has 3 heteroatoms. The van der Waals surface area contributed by atoms with Gasteiger partial charge in [-0.3, -0.25) is 4.79 Å². The summed E-state index contributed by atoms with van der Waals surface area (Å²) in [7, 11) is 0. The van der Waals surface area contributed by atoms with Crippen LogP contribution in [0.1, 0.15) is 27.7 Å². The normalized spacial score (nSPS) is 23.3. The fourth-order valence-corrected chi connectivity index (χ4v) is 1.81. The number of amides is 1. The second-order valence-corrected chi connectivity index (χ2v) is 5.02. The second-order valence-electron chi connectivity index (χ2n) is 5.02. The van der Waals surface area contributed by atoms with E-state index in [0.29, 0.717) is 18.4 Å². The van der Waals surface area contributed by atoms with Crippen LogP contribution in [-0.2, 0) is 9.53 Å². The van der Waals surface area contributed by atoms with Gasteiger partial charge in [-0.15, -0.1) is 0 Å². The molecule has 1 fully saturated rings. The van der Waals surface area contributed by atoms with Gasteiger partial charge >= 0.3 is 0 Å². The first-order chi connectivity index (χ1) is 7.02. The minimum Gasteiger partial charge on any atom is -0.379 e. The van der Waals surface area contributed by atoms with Crippen LogP contribution in [0.15, 0.2) is 0 Å². The molecule has 0 spiro atoms. The van der Waals surface area contributed by atoms with Gasteiger partial charge < -0.3 is 9.64 Å². The Morgan fingerprint density at radius 2 is 2.00 bits per heavy atom. The minimum absolute atomic E-state index is 0.0934. The first-order valence-electron chi connectivity index (χ1n) is 5.89. The molecule has 0 radical (unpaired) electrons. The van der Waals surface area contributed by atoms with Gasteiger partial charge in [-0.1, -0.05) is 27.7 Å². The average molecular weight is 213 g/mol. The Labute approximate surface area is 92.8 Å². The first-order valence-corrected chi connectivity index (χ1v) is 5.89. The highest BCUT2D eigenvalue weighted by Gasteiger charge is 2.25. The van der Waals surface area contributed by atoms with Crippen LogP contribution in [-0.4, -0.2) is 37.1 Å². The number of rotatable bonds is 2. The molecule has 1 aliphatic heterocycles. The Bertz CT molecular complexity index is 214. The third-order valence-electron chi connectivity index (χ3n) is 3.04. The SMILES string of the molecule is CC(C)C(=O)N1CCOC[C@@H](C(C)C)C1. The predicted octanol–water partition coefficient (Wildman–Crippen LogP) is 1.77. The van der Waals surface area contributed by atoms with E-state index < -0.39 is 0 Å². The Morgan fingerprint density at radius 3 is 2.53 bits per heavy atom. The van der Waals surface area contributed by atoms with Crippen molar-refractivity contribution in [3.63, 3.8) is 0 Å². The van der Waals surface area contributed by atoms with Crippen molar-refractivity contribution >= 4 is 5.91 Å². The molecule has 0 aromatic carbocycles. The molecule has 1 amide bonds. The molecule has 1 atom stereocenters. The minimum atomic E-state index is 0.0934. The predicted molar refractivity (Wildman–Crippen MR) is 60.6 cm³/mol. The van der Waals surface area contributed by atoms with Crippen LogP contribution >= 0.6 is 0 Å². The Kier molecular flexibility index (Phi) is 4.58. The van der Waals surface area contributed by atoms with Crippen molar-refractivity contribution in [1.82, 2.24) is 4.90 Å². The number of carbonyl (C=O) groups excluding carboxylic acids is 1. The van der Waals surface area contributed by atoms with Crippen molar-refractivity contribution in [2.75, 3.05) is 26.3 Å². The zero-order valence-corrected chi connectivity index (χ0v) is 10.3. The summed E-state index contributed by atoms with van der Waals surface area (Å²) in [6.07, 6.45) is 0. The summed E-state index contributed by atoms with van der Waals surface area (Å²) in [5.74, 6) is 1.41. The van der Waals surface area contributed by atoms with Crippen molar-refractivity contribution in [2.24, 2.45) is 17.8 Å². The summed E-state index contributed by atoms with van der Waals surface area (Å²) in [5, 5.41) is 0. The van der Waals surface area contributed by atoms with Gasteiger partial charge in [0.2, 0.25) is 5.91 Å². The molecule has 0 unspecified atom stereocenters. The van der Waals surface area contributed by atoms with Gasteiger partial charge in [0.25, 0.3) is 0 Å². The van der Waals surface area contributed by atoms with E-state index in [4.69, 9.17) is 4.74 Å². The van der Waals surface area contributed by atoms with E-state index in [1.807, 2.05) is 18.7 Å². The number of carbonyl (C=O) groups is 1. The maximum Gasteiger partial charge on any atom is 0.225 e. The molecular weight excluding hydrogens is 190 g/mol. The third-order valence-corrected chi connectivity index (χ3v) is 3.04. The molecule has 0 aromatic heterocycles. The number of hydrogen-bond acceptors (Lipinski definition) is 2. The van der Waals surface area contributed by atoms with Gasteiger partial charge in [-0.25, -0.2) is 0 Å². The Hall–Kier alpha value is -0.570. The summed E-state index contributed by atoms with van der Waals surface area (Å²) in [6, 6.07) is 0. The molecule has 0 saturated carbocycles. The number of hydrogen-bond donors (Lipinski definition) is 0. The van der Waals surface area contributed by atoms with Crippen LogP contribution in [0.25, 0.3) is 0 Å². The Morgan fingerprint density at radius 1 is 1.33 bits per heavy atom. The van der Waals surface area contributed by atoms with Crippen molar-refractivity contribution in [2.45, 2.75) is 27.7 Å². The van der Waals surface area contributed by atoms with Gasteiger partial charge in [0.1, 0.15) is 0 Å². The number of ether oxygens (including phenoxy) is 1. The lowest BCUT2D eigenvalue weighted by Crippen LogP contribution is -2.39. The molecule has 15 heavy (non-hydrogen) atoms. The second kappa shape index (κ2) is 5.50. The summed E-state index contributed by atoms with van der Waals surface area (Å²) in [5.41, 5.74) is 0. The summed E-state index contributed by atoms with van der Waals surface area (Å²) in [4.78, 5) is 13.8. The van der Waals surface area contributed by atoms with E-state index in [-0.39, 0.29) is 11.8 Å². The zero-order valence-electron chi connectivity index (χ0n) is 10.3. The molecule has 1 rings (SSSR count). The zero-order chi connectivity index (χ0) is 11.4. The molecular formula is C12H23NO2. The van der Waals surface area contributed by atoms with E-state index in [2.05, 4.69) is 13.8 Å². The van der Waals surface area contributed by atoms with E-state index in [1.165, 1.54) is 0 Å². The topological polar surface area (TPSA) is 29.5 Å². The van der Waals surface area contributed by atoms with Crippen LogP contribution in [0.3, 0.4) is 0 Å².